The maximum Gasteiger partial charge on any atom is 0.227 e. The molecule has 4 heteroatoms. The van der Waals surface area contributed by atoms with Crippen molar-refractivity contribution in [2.75, 3.05) is 19.6 Å². The van der Waals surface area contributed by atoms with Gasteiger partial charge in [0.1, 0.15) is 5.82 Å². The minimum Gasteiger partial charge on any atom is -0.340 e. The summed E-state index contributed by atoms with van der Waals surface area (Å²) in [5, 5.41) is 3.29. The quantitative estimate of drug-likeness (QED) is 0.836. The Hall–Kier alpha value is -1.42. The first-order chi connectivity index (χ1) is 8.15. The van der Waals surface area contributed by atoms with Crippen molar-refractivity contribution in [2.24, 2.45) is 0 Å². The second kappa shape index (κ2) is 5.27. The molecule has 0 spiro atoms. The Morgan fingerprint density at radius 2 is 2.18 bits per heavy atom. The molecule has 0 unspecified atom stereocenters. The predicted molar refractivity (Wildman–Crippen MR) is 64.1 cm³/mol. The Bertz CT molecular complexity index is 391. The number of benzene rings is 1. The van der Waals surface area contributed by atoms with Gasteiger partial charge in [0.25, 0.3) is 0 Å². The zero-order valence-corrected chi connectivity index (χ0v) is 9.95. The third kappa shape index (κ3) is 3.27. The summed E-state index contributed by atoms with van der Waals surface area (Å²) < 4.78 is 12.7. The molecular formula is C13H17FN2O. The summed E-state index contributed by atoms with van der Waals surface area (Å²) in [6, 6.07) is 6.46. The molecule has 0 saturated carbocycles. The van der Waals surface area contributed by atoms with E-state index in [1.165, 1.54) is 12.1 Å². The van der Waals surface area contributed by atoms with Gasteiger partial charge in [0.05, 0.1) is 6.42 Å². The monoisotopic (exact) mass is 236 g/mol. The molecule has 1 N–H and O–H groups in total. The van der Waals surface area contributed by atoms with Crippen LogP contribution < -0.4 is 5.32 Å². The molecule has 1 heterocycles. The van der Waals surface area contributed by atoms with Crippen molar-refractivity contribution in [3.63, 3.8) is 0 Å². The van der Waals surface area contributed by atoms with E-state index in [0.29, 0.717) is 12.5 Å². The maximum absolute atomic E-state index is 12.7. The maximum atomic E-state index is 12.7. The molecule has 2 rings (SSSR count). The Kier molecular flexibility index (Phi) is 3.74. The Labute approximate surface area is 101 Å². The molecule has 0 aliphatic carbocycles. The van der Waals surface area contributed by atoms with E-state index in [0.717, 1.165) is 25.2 Å². The SMILES string of the molecule is C[C@@H]1CN(C(=O)Cc2ccc(F)cc2)CCN1. The summed E-state index contributed by atoms with van der Waals surface area (Å²) in [5.41, 5.74) is 0.864. The summed E-state index contributed by atoms with van der Waals surface area (Å²) in [5.74, 6) is -0.151. The molecule has 1 atom stereocenters. The van der Waals surface area contributed by atoms with Crippen LogP contribution in [0.4, 0.5) is 4.39 Å². The van der Waals surface area contributed by atoms with Gasteiger partial charge in [-0.15, -0.1) is 0 Å². The molecule has 92 valence electrons. The first kappa shape index (κ1) is 12.0. The zero-order chi connectivity index (χ0) is 12.3. The van der Waals surface area contributed by atoms with E-state index in [1.807, 2.05) is 4.90 Å². The van der Waals surface area contributed by atoms with Gasteiger partial charge < -0.3 is 10.2 Å². The number of hydrogen-bond donors (Lipinski definition) is 1. The van der Waals surface area contributed by atoms with E-state index >= 15 is 0 Å². The molecule has 1 fully saturated rings. The Morgan fingerprint density at radius 1 is 1.47 bits per heavy atom. The predicted octanol–water partition coefficient (Wildman–Crippen LogP) is 1.19. The van der Waals surface area contributed by atoms with Crippen LogP contribution in [0.15, 0.2) is 24.3 Å². The van der Waals surface area contributed by atoms with Crippen LogP contribution in [0.25, 0.3) is 0 Å². The van der Waals surface area contributed by atoms with E-state index in [4.69, 9.17) is 0 Å². The van der Waals surface area contributed by atoms with Crippen LogP contribution in [0.1, 0.15) is 12.5 Å². The number of nitrogens with one attached hydrogen (secondary N) is 1. The Balaban J connectivity index is 1.94. The summed E-state index contributed by atoms with van der Waals surface area (Å²) in [6.07, 6.45) is 0.354. The standard InChI is InChI=1S/C13H17FN2O/c1-10-9-16(7-6-15-10)13(17)8-11-2-4-12(14)5-3-11/h2-5,10,15H,6-9H2,1H3/t10-/m1/s1. The van der Waals surface area contributed by atoms with Crippen LogP contribution in [0.2, 0.25) is 0 Å². The number of hydrogen-bond acceptors (Lipinski definition) is 2. The summed E-state index contributed by atoms with van der Waals surface area (Å²) in [6.45, 7) is 4.41. The lowest BCUT2D eigenvalue weighted by molar-refractivity contribution is -0.131. The highest BCUT2D eigenvalue weighted by atomic mass is 19.1. The van der Waals surface area contributed by atoms with Crippen LogP contribution in [0.3, 0.4) is 0 Å². The molecule has 0 radical (unpaired) electrons. The highest BCUT2D eigenvalue weighted by Crippen LogP contribution is 2.07. The lowest BCUT2D eigenvalue weighted by atomic mass is 10.1. The third-order valence-electron chi connectivity index (χ3n) is 2.99. The topological polar surface area (TPSA) is 32.3 Å². The summed E-state index contributed by atoms with van der Waals surface area (Å²) in [4.78, 5) is 13.9. The number of carbonyl (C=O) groups excluding carboxylic acids is 1. The van der Waals surface area contributed by atoms with Crippen molar-refractivity contribution in [2.45, 2.75) is 19.4 Å². The van der Waals surface area contributed by atoms with Crippen LogP contribution >= 0.6 is 0 Å². The number of amides is 1. The molecular weight excluding hydrogens is 219 g/mol. The van der Waals surface area contributed by atoms with Gasteiger partial charge in [0, 0.05) is 25.7 Å². The van der Waals surface area contributed by atoms with Crippen LogP contribution in [-0.2, 0) is 11.2 Å². The molecule has 3 nitrogen and oxygen atoms in total. The summed E-state index contributed by atoms with van der Waals surface area (Å²) >= 11 is 0. The van der Waals surface area contributed by atoms with Gasteiger partial charge in [-0.05, 0) is 24.6 Å². The molecule has 0 aromatic heterocycles. The molecule has 1 aliphatic rings. The normalized spacial score (nSPS) is 20.4. The van der Waals surface area contributed by atoms with Crippen LogP contribution in [0, 0.1) is 5.82 Å². The number of rotatable bonds is 2. The molecule has 17 heavy (non-hydrogen) atoms. The molecule has 0 bridgehead atoms. The number of halogens is 1. The smallest absolute Gasteiger partial charge is 0.227 e. The van der Waals surface area contributed by atoms with Gasteiger partial charge in [0.15, 0.2) is 0 Å². The summed E-state index contributed by atoms with van der Waals surface area (Å²) in [7, 11) is 0. The van der Waals surface area contributed by atoms with E-state index < -0.39 is 0 Å². The van der Waals surface area contributed by atoms with Gasteiger partial charge in [-0.25, -0.2) is 4.39 Å². The van der Waals surface area contributed by atoms with Crippen LogP contribution in [-0.4, -0.2) is 36.5 Å². The fourth-order valence-corrected chi connectivity index (χ4v) is 2.05. The second-order valence-electron chi connectivity index (χ2n) is 4.50. The third-order valence-corrected chi connectivity index (χ3v) is 2.99. The van der Waals surface area contributed by atoms with Crippen molar-refractivity contribution in [3.8, 4) is 0 Å². The number of nitrogens with zero attached hydrogens (tertiary/aromatic N) is 1. The molecule has 1 aromatic rings. The van der Waals surface area contributed by atoms with E-state index in [-0.39, 0.29) is 11.7 Å². The molecule has 1 aromatic carbocycles. The molecule has 1 amide bonds. The van der Waals surface area contributed by atoms with Gasteiger partial charge in [-0.3, -0.25) is 4.79 Å². The van der Waals surface area contributed by atoms with Gasteiger partial charge in [-0.2, -0.15) is 0 Å². The first-order valence-corrected chi connectivity index (χ1v) is 5.91. The minimum atomic E-state index is -0.267. The zero-order valence-electron chi connectivity index (χ0n) is 9.95. The van der Waals surface area contributed by atoms with Gasteiger partial charge >= 0.3 is 0 Å². The van der Waals surface area contributed by atoms with Gasteiger partial charge in [0.2, 0.25) is 5.91 Å². The lowest BCUT2D eigenvalue weighted by Gasteiger charge is -2.32. The van der Waals surface area contributed by atoms with E-state index in [2.05, 4.69) is 12.2 Å². The van der Waals surface area contributed by atoms with Crippen molar-refractivity contribution < 1.29 is 9.18 Å². The van der Waals surface area contributed by atoms with Crippen molar-refractivity contribution in [3.05, 3.63) is 35.6 Å². The first-order valence-electron chi connectivity index (χ1n) is 5.91. The fraction of sp³-hybridized carbons (Fsp3) is 0.462. The minimum absolute atomic E-state index is 0.116. The van der Waals surface area contributed by atoms with Crippen molar-refractivity contribution in [1.82, 2.24) is 10.2 Å². The molecule has 1 aliphatic heterocycles. The molecule has 1 saturated heterocycles. The van der Waals surface area contributed by atoms with E-state index in [1.54, 1.807) is 12.1 Å². The van der Waals surface area contributed by atoms with Crippen LogP contribution in [0.5, 0.6) is 0 Å². The van der Waals surface area contributed by atoms with Crippen molar-refractivity contribution >= 4 is 5.91 Å². The second-order valence-corrected chi connectivity index (χ2v) is 4.50. The fourth-order valence-electron chi connectivity index (χ4n) is 2.05. The van der Waals surface area contributed by atoms with E-state index in [9.17, 15) is 9.18 Å². The van der Waals surface area contributed by atoms with Gasteiger partial charge in [-0.1, -0.05) is 12.1 Å². The average Bonchev–Trinajstić information content (AvgIpc) is 2.32. The van der Waals surface area contributed by atoms with Crippen molar-refractivity contribution in [1.29, 1.82) is 0 Å². The Morgan fingerprint density at radius 3 is 2.82 bits per heavy atom. The largest absolute Gasteiger partial charge is 0.340 e. The number of piperazine rings is 1. The highest BCUT2D eigenvalue weighted by Gasteiger charge is 2.20. The average molecular weight is 236 g/mol. The number of carbonyl (C=O) groups is 1. The lowest BCUT2D eigenvalue weighted by Crippen LogP contribution is -2.51. The highest BCUT2D eigenvalue weighted by molar-refractivity contribution is 5.78.